The summed E-state index contributed by atoms with van der Waals surface area (Å²) in [5.74, 6) is 0. The lowest BCUT2D eigenvalue weighted by Crippen LogP contribution is -1.86. The molecule has 0 atom stereocenters. The molecule has 0 fully saturated rings. The molecule has 0 unspecified atom stereocenters. The van der Waals surface area contributed by atoms with Gasteiger partial charge in [-0.2, -0.15) is 0 Å². The van der Waals surface area contributed by atoms with Crippen LogP contribution in [-0.4, -0.2) is 11.3 Å². The zero-order chi connectivity index (χ0) is 10.7. The molecule has 2 nitrogen and oxygen atoms in total. The number of hydrogen-bond acceptors (Lipinski definition) is 2. The lowest BCUT2D eigenvalue weighted by molar-refractivity contribution is 0.112. The van der Waals surface area contributed by atoms with E-state index in [-0.39, 0.29) is 0 Å². The second-order valence-electron chi connectivity index (χ2n) is 3.10. The van der Waals surface area contributed by atoms with Crippen LogP contribution in [-0.2, 0) is 0 Å². The van der Waals surface area contributed by atoms with Gasteiger partial charge in [0, 0.05) is 22.3 Å². The van der Waals surface area contributed by atoms with Gasteiger partial charge in [-0.15, -0.1) is 0 Å². The summed E-state index contributed by atoms with van der Waals surface area (Å²) in [4.78, 5) is 14.8. The number of nitrogens with zero attached hydrogens (tertiary/aromatic N) is 1. The number of carbonyl (C=O) groups is 1. The third-order valence-corrected chi connectivity index (χ3v) is 2.28. The predicted octanol–water partition coefficient (Wildman–Crippen LogP) is 3.21. The minimum Gasteiger partial charge on any atom is -0.298 e. The third-order valence-electron chi connectivity index (χ3n) is 2.04. The fourth-order valence-corrected chi connectivity index (χ4v) is 1.52. The summed E-state index contributed by atoms with van der Waals surface area (Å²) in [5, 5.41) is 0.658. The maximum atomic E-state index is 10.6. The first-order chi connectivity index (χ1) is 7.29. The number of aldehydes is 1. The van der Waals surface area contributed by atoms with E-state index in [4.69, 9.17) is 11.6 Å². The van der Waals surface area contributed by atoms with Crippen molar-refractivity contribution in [1.82, 2.24) is 4.98 Å². The molecule has 0 amide bonds. The Kier molecular flexibility index (Phi) is 2.79. The molecular formula is C12H8ClNO. The summed E-state index contributed by atoms with van der Waals surface area (Å²) in [7, 11) is 0. The largest absolute Gasteiger partial charge is 0.298 e. The minimum atomic E-state index is 0.611. The Morgan fingerprint density at radius 3 is 2.80 bits per heavy atom. The van der Waals surface area contributed by atoms with Crippen molar-refractivity contribution in [3.05, 3.63) is 53.2 Å². The molecule has 1 aromatic carbocycles. The van der Waals surface area contributed by atoms with Crippen LogP contribution >= 0.6 is 11.6 Å². The smallest absolute Gasteiger partial charge is 0.150 e. The molecule has 0 aliphatic carbocycles. The van der Waals surface area contributed by atoms with Crippen LogP contribution in [0.1, 0.15) is 10.4 Å². The quantitative estimate of drug-likeness (QED) is 0.723. The van der Waals surface area contributed by atoms with E-state index in [1.54, 1.807) is 24.4 Å². The van der Waals surface area contributed by atoms with E-state index in [9.17, 15) is 4.79 Å². The van der Waals surface area contributed by atoms with Gasteiger partial charge >= 0.3 is 0 Å². The Hall–Kier alpha value is -1.67. The monoisotopic (exact) mass is 217 g/mol. The fourth-order valence-electron chi connectivity index (χ4n) is 1.33. The minimum absolute atomic E-state index is 0.611. The van der Waals surface area contributed by atoms with Gasteiger partial charge in [0.2, 0.25) is 0 Å². The summed E-state index contributed by atoms with van der Waals surface area (Å²) in [6.45, 7) is 0. The Labute approximate surface area is 92.5 Å². The summed E-state index contributed by atoms with van der Waals surface area (Å²) in [6.07, 6.45) is 2.41. The average Bonchev–Trinajstić information content (AvgIpc) is 2.29. The van der Waals surface area contributed by atoms with Gasteiger partial charge in [-0.05, 0) is 24.3 Å². The number of hydrogen-bond donors (Lipinski definition) is 0. The molecule has 0 bridgehead atoms. The van der Waals surface area contributed by atoms with E-state index in [1.807, 2.05) is 18.2 Å². The van der Waals surface area contributed by atoms with Gasteiger partial charge in [-0.1, -0.05) is 23.7 Å². The van der Waals surface area contributed by atoms with E-state index in [0.717, 1.165) is 17.5 Å². The molecule has 74 valence electrons. The molecule has 15 heavy (non-hydrogen) atoms. The van der Waals surface area contributed by atoms with Crippen molar-refractivity contribution in [1.29, 1.82) is 0 Å². The van der Waals surface area contributed by atoms with Crippen molar-refractivity contribution >= 4 is 17.9 Å². The molecule has 2 rings (SSSR count). The van der Waals surface area contributed by atoms with Gasteiger partial charge < -0.3 is 0 Å². The number of carbonyl (C=O) groups excluding carboxylic acids is 1. The van der Waals surface area contributed by atoms with Gasteiger partial charge in [0.15, 0.2) is 0 Å². The molecule has 0 spiro atoms. The molecule has 0 radical (unpaired) electrons. The highest BCUT2D eigenvalue weighted by Gasteiger charge is 2.00. The Bertz CT molecular complexity index is 496. The van der Waals surface area contributed by atoms with Crippen LogP contribution in [0, 0.1) is 0 Å². The van der Waals surface area contributed by atoms with Crippen molar-refractivity contribution in [2.45, 2.75) is 0 Å². The molecule has 0 aliphatic heterocycles. The highest BCUT2D eigenvalue weighted by Crippen LogP contribution is 2.20. The molecule has 0 saturated carbocycles. The third kappa shape index (κ3) is 2.22. The molecule has 0 aliphatic rings. The van der Waals surface area contributed by atoms with Crippen LogP contribution in [0.2, 0.25) is 5.02 Å². The number of pyridine rings is 1. The van der Waals surface area contributed by atoms with Crippen LogP contribution in [0.3, 0.4) is 0 Å². The van der Waals surface area contributed by atoms with E-state index >= 15 is 0 Å². The summed E-state index contributed by atoms with van der Waals surface area (Å²) >= 11 is 5.87. The van der Waals surface area contributed by atoms with Gasteiger partial charge in [0.25, 0.3) is 0 Å². The lowest BCUT2D eigenvalue weighted by atomic mass is 10.1. The Balaban J connectivity index is 2.49. The molecule has 3 heteroatoms. The molecule has 1 heterocycles. The van der Waals surface area contributed by atoms with Gasteiger partial charge in [0.1, 0.15) is 6.29 Å². The van der Waals surface area contributed by atoms with Gasteiger partial charge in [-0.3, -0.25) is 9.78 Å². The van der Waals surface area contributed by atoms with Crippen molar-refractivity contribution in [3.63, 3.8) is 0 Å². The van der Waals surface area contributed by atoms with Crippen molar-refractivity contribution < 1.29 is 4.79 Å². The maximum Gasteiger partial charge on any atom is 0.150 e. The van der Waals surface area contributed by atoms with Gasteiger partial charge in [-0.25, -0.2) is 0 Å². The molecular weight excluding hydrogens is 210 g/mol. The second kappa shape index (κ2) is 4.24. The van der Waals surface area contributed by atoms with Crippen molar-refractivity contribution in [3.8, 4) is 11.3 Å². The normalized spacial score (nSPS) is 9.93. The second-order valence-corrected chi connectivity index (χ2v) is 3.54. The first-order valence-corrected chi connectivity index (χ1v) is 4.84. The number of rotatable bonds is 2. The summed E-state index contributed by atoms with van der Waals surface area (Å²) < 4.78 is 0. The summed E-state index contributed by atoms with van der Waals surface area (Å²) in [5.41, 5.74) is 2.27. The van der Waals surface area contributed by atoms with E-state index in [2.05, 4.69) is 4.98 Å². The van der Waals surface area contributed by atoms with Crippen molar-refractivity contribution in [2.75, 3.05) is 0 Å². The molecule has 0 N–H and O–H groups in total. The molecule has 1 aromatic heterocycles. The Morgan fingerprint density at radius 2 is 2.07 bits per heavy atom. The summed E-state index contributed by atoms with van der Waals surface area (Å²) in [6, 6.07) is 10.8. The zero-order valence-electron chi connectivity index (χ0n) is 7.85. The highest BCUT2D eigenvalue weighted by molar-refractivity contribution is 6.30. The van der Waals surface area contributed by atoms with E-state index in [0.29, 0.717) is 10.6 Å². The van der Waals surface area contributed by atoms with Crippen LogP contribution in [0.25, 0.3) is 11.3 Å². The van der Waals surface area contributed by atoms with E-state index < -0.39 is 0 Å². The Morgan fingerprint density at radius 1 is 1.20 bits per heavy atom. The molecule has 2 aromatic rings. The number of aromatic nitrogens is 1. The van der Waals surface area contributed by atoms with Crippen LogP contribution in [0.15, 0.2) is 42.6 Å². The van der Waals surface area contributed by atoms with Crippen LogP contribution in [0.5, 0.6) is 0 Å². The standard InChI is InChI=1S/C12H8ClNO/c13-11-3-1-2-10(7-11)12-6-9(8-15)4-5-14-12/h1-8H. The van der Waals surface area contributed by atoms with E-state index in [1.165, 1.54) is 0 Å². The first-order valence-electron chi connectivity index (χ1n) is 4.47. The fraction of sp³-hybridized carbons (Fsp3) is 0. The van der Waals surface area contributed by atoms with Crippen molar-refractivity contribution in [2.24, 2.45) is 0 Å². The SMILES string of the molecule is O=Cc1ccnc(-c2cccc(Cl)c2)c1. The molecule has 0 saturated heterocycles. The average molecular weight is 218 g/mol. The van der Waals surface area contributed by atoms with Crippen LogP contribution in [0.4, 0.5) is 0 Å². The lowest BCUT2D eigenvalue weighted by Gasteiger charge is -2.01. The maximum absolute atomic E-state index is 10.6. The highest BCUT2D eigenvalue weighted by atomic mass is 35.5. The zero-order valence-corrected chi connectivity index (χ0v) is 8.61. The van der Waals surface area contributed by atoms with Crippen LogP contribution < -0.4 is 0 Å². The number of benzene rings is 1. The topological polar surface area (TPSA) is 30.0 Å². The first kappa shape index (κ1) is 9.87. The number of halogens is 1. The van der Waals surface area contributed by atoms with Gasteiger partial charge in [0.05, 0.1) is 5.69 Å². The predicted molar refractivity (Wildman–Crippen MR) is 60.1 cm³/mol.